The van der Waals surface area contributed by atoms with Crippen LogP contribution in [0.2, 0.25) is 5.02 Å². The number of rotatable bonds is 8. The van der Waals surface area contributed by atoms with E-state index in [1.54, 1.807) is 12.1 Å². The molecule has 0 unspecified atom stereocenters. The lowest BCUT2D eigenvalue weighted by Crippen LogP contribution is -2.37. The molecule has 0 aromatic heterocycles. The number of nitrogens with zero attached hydrogens (tertiary/aromatic N) is 1. The Morgan fingerprint density at radius 3 is 2.55 bits per heavy atom. The van der Waals surface area contributed by atoms with Gasteiger partial charge in [0.15, 0.2) is 9.84 Å². The predicted molar refractivity (Wildman–Crippen MR) is 117 cm³/mol. The summed E-state index contributed by atoms with van der Waals surface area (Å²) in [5, 5.41) is 3.20. The fourth-order valence-electron chi connectivity index (χ4n) is 3.29. The molecular weight excluding hydrogens is 412 g/mol. The summed E-state index contributed by atoms with van der Waals surface area (Å²) < 4.78 is 30.1. The monoisotopic (exact) mass is 436 g/mol. The maximum atomic E-state index is 12.4. The fraction of sp³-hybridized carbons (Fsp3) is 0.381. The average Bonchev–Trinajstić information content (AvgIpc) is 2.69. The number of sulfone groups is 1. The summed E-state index contributed by atoms with van der Waals surface area (Å²) in [5.41, 5.74) is 2.41. The Hall–Kier alpha value is -2.09. The second-order valence-electron chi connectivity index (χ2n) is 6.99. The van der Waals surface area contributed by atoms with Crippen molar-refractivity contribution < 1.29 is 17.9 Å². The molecule has 2 aromatic rings. The molecule has 0 saturated carbocycles. The van der Waals surface area contributed by atoms with Crippen molar-refractivity contribution in [2.24, 2.45) is 0 Å². The van der Waals surface area contributed by atoms with E-state index < -0.39 is 21.5 Å². The first-order valence-electron chi connectivity index (χ1n) is 9.59. The van der Waals surface area contributed by atoms with E-state index >= 15 is 0 Å². The van der Waals surface area contributed by atoms with Gasteiger partial charge in [0, 0.05) is 18.1 Å². The van der Waals surface area contributed by atoms with Crippen LogP contribution in [0, 0.1) is 0 Å². The maximum absolute atomic E-state index is 12.4. The van der Waals surface area contributed by atoms with Crippen molar-refractivity contribution in [2.45, 2.75) is 12.8 Å². The number of anilines is 2. The maximum Gasteiger partial charge on any atom is 0.239 e. The van der Waals surface area contributed by atoms with Crippen LogP contribution in [0.1, 0.15) is 12.0 Å². The zero-order valence-corrected chi connectivity index (χ0v) is 17.7. The van der Waals surface area contributed by atoms with Gasteiger partial charge >= 0.3 is 0 Å². The number of hydrogen-bond donors (Lipinski definition) is 1. The van der Waals surface area contributed by atoms with Crippen LogP contribution in [0.4, 0.5) is 11.4 Å². The molecule has 1 N–H and O–H groups in total. The third-order valence-corrected chi connectivity index (χ3v) is 6.55. The second-order valence-corrected chi connectivity index (χ2v) is 9.61. The highest BCUT2D eigenvalue weighted by atomic mass is 35.5. The lowest BCUT2D eigenvalue weighted by molar-refractivity contribution is -0.113. The van der Waals surface area contributed by atoms with E-state index in [1.807, 2.05) is 36.4 Å². The topological polar surface area (TPSA) is 75.7 Å². The van der Waals surface area contributed by atoms with Gasteiger partial charge in [-0.05, 0) is 36.6 Å². The first-order chi connectivity index (χ1) is 13.9. The molecule has 29 heavy (non-hydrogen) atoms. The molecule has 6 nitrogen and oxygen atoms in total. The second kappa shape index (κ2) is 10.1. The van der Waals surface area contributed by atoms with Crippen LogP contribution in [0.3, 0.4) is 0 Å². The van der Waals surface area contributed by atoms with Crippen molar-refractivity contribution in [1.82, 2.24) is 0 Å². The molecule has 1 saturated heterocycles. The van der Waals surface area contributed by atoms with Gasteiger partial charge in [0.2, 0.25) is 5.91 Å². The summed E-state index contributed by atoms with van der Waals surface area (Å²) >= 11 is 6.09. The molecule has 8 heteroatoms. The Morgan fingerprint density at radius 1 is 1.10 bits per heavy atom. The van der Waals surface area contributed by atoms with E-state index in [4.69, 9.17) is 16.3 Å². The van der Waals surface area contributed by atoms with Crippen molar-refractivity contribution in [2.75, 3.05) is 48.0 Å². The molecular formula is C21H25ClN2O4S. The molecule has 1 aliphatic rings. The van der Waals surface area contributed by atoms with Gasteiger partial charge in [-0.15, -0.1) is 0 Å². The Balaban J connectivity index is 1.58. The number of carbonyl (C=O) groups is 1. The Morgan fingerprint density at radius 2 is 1.83 bits per heavy atom. The molecule has 1 fully saturated rings. The molecule has 2 aromatic carbocycles. The van der Waals surface area contributed by atoms with E-state index in [-0.39, 0.29) is 5.75 Å². The lowest BCUT2D eigenvalue weighted by atomic mass is 10.1. The highest BCUT2D eigenvalue weighted by Gasteiger charge is 2.20. The summed E-state index contributed by atoms with van der Waals surface area (Å²) in [6.07, 6.45) is 1.15. The smallest absolute Gasteiger partial charge is 0.239 e. The Bertz CT molecular complexity index is 929. The van der Waals surface area contributed by atoms with Crippen LogP contribution in [-0.2, 0) is 25.8 Å². The normalized spacial score (nSPS) is 14.6. The quantitative estimate of drug-likeness (QED) is 0.687. The number of ether oxygens (including phenoxy) is 1. The number of carbonyl (C=O) groups excluding carboxylic acids is 1. The average molecular weight is 437 g/mol. The van der Waals surface area contributed by atoms with Crippen LogP contribution in [0.15, 0.2) is 48.5 Å². The number of hydrogen-bond acceptors (Lipinski definition) is 5. The van der Waals surface area contributed by atoms with Crippen LogP contribution >= 0.6 is 11.6 Å². The molecule has 1 aliphatic heterocycles. The van der Waals surface area contributed by atoms with Crippen molar-refractivity contribution in [1.29, 1.82) is 0 Å². The van der Waals surface area contributed by atoms with E-state index in [0.29, 0.717) is 49.9 Å². The van der Waals surface area contributed by atoms with E-state index in [9.17, 15) is 13.2 Å². The van der Waals surface area contributed by atoms with Crippen LogP contribution in [-0.4, -0.2) is 52.1 Å². The number of morpholine rings is 1. The highest BCUT2D eigenvalue weighted by molar-refractivity contribution is 7.92. The molecule has 1 amide bonds. The summed E-state index contributed by atoms with van der Waals surface area (Å²) in [6, 6.07) is 14.9. The molecule has 0 radical (unpaired) electrons. The largest absolute Gasteiger partial charge is 0.378 e. The molecule has 3 rings (SSSR count). The third-order valence-electron chi connectivity index (χ3n) is 4.70. The lowest BCUT2D eigenvalue weighted by Gasteiger charge is -2.30. The summed E-state index contributed by atoms with van der Waals surface area (Å²) in [5.74, 6) is -1.13. The molecule has 0 bridgehead atoms. The number of amides is 1. The third kappa shape index (κ3) is 6.73. The Kier molecular flexibility index (Phi) is 7.52. The van der Waals surface area contributed by atoms with Crippen molar-refractivity contribution >= 4 is 38.7 Å². The van der Waals surface area contributed by atoms with Gasteiger partial charge in [0.25, 0.3) is 0 Å². The van der Waals surface area contributed by atoms with Crippen LogP contribution in [0.5, 0.6) is 0 Å². The number of aryl methyl sites for hydroxylation is 1. The summed E-state index contributed by atoms with van der Waals surface area (Å²) in [7, 11) is -3.50. The van der Waals surface area contributed by atoms with Gasteiger partial charge in [-0.1, -0.05) is 41.9 Å². The molecule has 0 atom stereocenters. The van der Waals surface area contributed by atoms with Gasteiger partial charge in [-0.25, -0.2) is 8.42 Å². The SMILES string of the molecule is O=C(CS(=O)(=O)CCCc1ccccc1)Nc1cc(Cl)ccc1N1CCOCC1. The Labute approximate surface area is 176 Å². The minimum Gasteiger partial charge on any atom is -0.378 e. The highest BCUT2D eigenvalue weighted by Crippen LogP contribution is 2.30. The van der Waals surface area contributed by atoms with Crippen molar-refractivity contribution in [3.63, 3.8) is 0 Å². The first-order valence-corrected chi connectivity index (χ1v) is 11.8. The predicted octanol–water partition coefficient (Wildman–Crippen LogP) is 3.16. The van der Waals surface area contributed by atoms with Gasteiger partial charge in [0.05, 0.1) is 30.3 Å². The van der Waals surface area contributed by atoms with E-state index in [0.717, 1.165) is 11.3 Å². The fourth-order valence-corrected chi connectivity index (χ4v) is 4.66. The molecule has 0 spiro atoms. The van der Waals surface area contributed by atoms with Gasteiger partial charge < -0.3 is 15.0 Å². The minimum atomic E-state index is -3.50. The van der Waals surface area contributed by atoms with Gasteiger partial charge in [-0.3, -0.25) is 4.79 Å². The summed E-state index contributed by atoms with van der Waals surface area (Å²) in [6.45, 7) is 2.60. The van der Waals surface area contributed by atoms with E-state index in [1.165, 1.54) is 0 Å². The number of benzene rings is 2. The summed E-state index contributed by atoms with van der Waals surface area (Å²) in [4.78, 5) is 14.5. The van der Waals surface area contributed by atoms with Crippen molar-refractivity contribution in [3.8, 4) is 0 Å². The van der Waals surface area contributed by atoms with Gasteiger partial charge in [-0.2, -0.15) is 0 Å². The molecule has 1 heterocycles. The van der Waals surface area contributed by atoms with Crippen LogP contribution in [0.25, 0.3) is 0 Å². The first kappa shape index (κ1) is 21.6. The minimum absolute atomic E-state index is 0.0266. The number of nitrogens with one attached hydrogen (secondary N) is 1. The number of halogens is 1. The molecule has 156 valence electrons. The van der Waals surface area contributed by atoms with Crippen molar-refractivity contribution in [3.05, 3.63) is 59.1 Å². The molecule has 0 aliphatic carbocycles. The standard InChI is InChI=1S/C21H25ClN2O4S/c22-18-8-9-20(24-10-12-28-13-11-24)19(15-18)23-21(25)16-29(26,27)14-4-7-17-5-2-1-3-6-17/h1-3,5-6,8-9,15H,4,7,10-14,16H2,(H,23,25). The zero-order chi connectivity index (χ0) is 20.7. The van der Waals surface area contributed by atoms with E-state index in [2.05, 4.69) is 10.2 Å². The van der Waals surface area contributed by atoms with Crippen LogP contribution < -0.4 is 10.2 Å². The zero-order valence-electron chi connectivity index (χ0n) is 16.1. The van der Waals surface area contributed by atoms with Gasteiger partial charge in [0.1, 0.15) is 5.75 Å².